The van der Waals surface area contributed by atoms with Crippen LogP contribution in [0.25, 0.3) is 0 Å². The van der Waals surface area contributed by atoms with Crippen LogP contribution in [0.1, 0.15) is 27.2 Å². The lowest BCUT2D eigenvalue weighted by atomic mass is 10.2. The summed E-state index contributed by atoms with van der Waals surface area (Å²) in [5, 5.41) is 0. The molecule has 0 atom stereocenters. The maximum atomic E-state index is 12.3. The summed E-state index contributed by atoms with van der Waals surface area (Å²) in [6, 6.07) is 5.42. The van der Waals surface area contributed by atoms with E-state index in [1.54, 1.807) is 21.9 Å². The first kappa shape index (κ1) is 16.7. The van der Waals surface area contributed by atoms with Crippen molar-refractivity contribution in [1.29, 1.82) is 0 Å². The van der Waals surface area contributed by atoms with E-state index in [9.17, 15) is 9.59 Å². The van der Waals surface area contributed by atoms with E-state index in [-0.39, 0.29) is 18.4 Å². The standard InChI is InChI=1S/C15H20BrN3O3/c1-15(2,3)22-14(21)18-8-7-13(20)19(10-9-18)12-6-4-5-11(16)17-12/h4-6H,7-10H2,1-3H3. The smallest absolute Gasteiger partial charge is 0.410 e. The number of pyridine rings is 1. The second-order valence-electron chi connectivity index (χ2n) is 6.08. The van der Waals surface area contributed by atoms with Gasteiger partial charge in [-0.05, 0) is 48.8 Å². The van der Waals surface area contributed by atoms with Gasteiger partial charge in [0, 0.05) is 26.1 Å². The largest absolute Gasteiger partial charge is 0.444 e. The Morgan fingerprint density at radius 2 is 2.00 bits per heavy atom. The van der Waals surface area contributed by atoms with Gasteiger partial charge in [-0.1, -0.05) is 6.07 Å². The summed E-state index contributed by atoms with van der Waals surface area (Å²) in [6.45, 7) is 6.66. The normalized spacial score (nSPS) is 16.5. The highest BCUT2D eigenvalue weighted by molar-refractivity contribution is 9.10. The van der Waals surface area contributed by atoms with E-state index in [1.165, 1.54) is 0 Å². The van der Waals surface area contributed by atoms with Crippen molar-refractivity contribution in [1.82, 2.24) is 9.88 Å². The second-order valence-corrected chi connectivity index (χ2v) is 6.89. The lowest BCUT2D eigenvalue weighted by molar-refractivity contribution is -0.118. The molecule has 0 radical (unpaired) electrons. The molecule has 1 fully saturated rings. The zero-order valence-electron chi connectivity index (χ0n) is 13.0. The molecule has 7 heteroatoms. The summed E-state index contributed by atoms with van der Waals surface area (Å²) >= 11 is 3.30. The molecule has 22 heavy (non-hydrogen) atoms. The predicted molar refractivity (Wildman–Crippen MR) is 86.7 cm³/mol. The van der Waals surface area contributed by atoms with Crippen molar-refractivity contribution >= 4 is 33.7 Å². The van der Waals surface area contributed by atoms with Crippen LogP contribution in [0.3, 0.4) is 0 Å². The Bertz CT molecular complexity index is 571. The van der Waals surface area contributed by atoms with Crippen molar-refractivity contribution < 1.29 is 14.3 Å². The predicted octanol–water partition coefficient (Wildman–Crippen LogP) is 2.82. The number of halogens is 1. The summed E-state index contributed by atoms with van der Waals surface area (Å²) in [4.78, 5) is 31.9. The second kappa shape index (κ2) is 6.64. The fourth-order valence-corrected chi connectivity index (χ4v) is 2.46. The Hall–Kier alpha value is -1.63. The molecule has 1 aliphatic rings. The quantitative estimate of drug-likeness (QED) is 0.714. The molecular weight excluding hydrogens is 350 g/mol. The molecule has 0 aliphatic carbocycles. The molecule has 120 valence electrons. The molecule has 0 aromatic carbocycles. The maximum Gasteiger partial charge on any atom is 0.410 e. The van der Waals surface area contributed by atoms with Gasteiger partial charge in [0.15, 0.2) is 0 Å². The van der Waals surface area contributed by atoms with Gasteiger partial charge in [-0.3, -0.25) is 9.69 Å². The van der Waals surface area contributed by atoms with Gasteiger partial charge in [0.05, 0.1) is 0 Å². The Balaban J connectivity index is 2.07. The molecule has 0 saturated carbocycles. The lowest BCUT2D eigenvalue weighted by Crippen LogP contribution is -2.39. The van der Waals surface area contributed by atoms with Crippen molar-refractivity contribution in [3.63, 3.8) is 0 Å². The first-order chi connectivity index (χ1) is 10.3. The molecular formula is C15H20BrN3O3. The summed E-state index contributed by atoms with van der Waals surface area (Å²) in [6.07, 6.45) is -0.127. The number of nitrogens with zero attached hydrogens (tertiary/aromatic N) is 3. The van der Waals surface area contributed by atoms with Crippen molar-refractivity contribution in [3.05, 3.63) is 22.8 Å². The third-order valence-electron chi connectivity index (χ3n) is 3.12. The van der Waals surface area contributed by atoms with Crippen LogP contribution in [0.2, 0.25) is 0 Å². The summed E-state index contributed by atoms with van der Waals surface area (Å²) in [5.74, 6) is 0.544. The van der Waals surface area contributed by atoms with Gasteiger partial charge in [-0.25, -0.2) is 9.78 Å². The van der Waals surface area contributed by atoms with Crippen LogP contribution in [0.4, 0.5) is 10.6 Å². The highest BCUT2D eigenvalue weighted by atomic mass is 79.9. The minimum Gasteiger partial charge on any atom is -0.444 e. The number of anilines is 1. The molecule has 2 amide bonds. The van der Waals surface area contributed by atoms with Crippen LogP contribution < -0.4 is 4.90 Å². The van der Waals surface area contributed by atoms with E-state index in [0.717, 1.165) is 0 Å². The van der Waals surface area contributed by atoms with Gasteiger partial charge in [0.1, 0.15) is 16.0 Å². The van der Waals surface area contributed by atoms with Crippen LogP contribution >= 0.6 is 15.9 Å². The number of carbonyl (C=O) groups excluding carboxylic acids is 2. The molecule has 0 unspecified atom stereocenters. The van der Waals surface area contributed by atoms with E-state index < -0.39 is 5.60 Å². The molecule has 1 aromatic rings. The number of aromatic nitrogens is 1. The number of rotatable bonds is 1. The number of hydrogen-bond acceptors (Lipinski definition) is 4. The zero-order chi connectivity index (χ0) is 16.3. The fraction of sp³-hybridized carbons (Fsp3) is 0.533. The van der Waals surface area contributed by atoms with Gasteiger partial charge < -0.3 is 9.64 Å². The Morgan fingerprint density at radius 3 is 2.64 bits per heavy atom. The molecule has 2 heterocycles. The molecule has 0 N–H and O–H groups in total. The van der Waals surface area contributed by atoms with Crippen LogP contribution in [-0.2, 0) is 9.53 Å². The minimum absolute atomic E-state index is 0.0448. The van der Waals surface area contributed by atoms with Gasteiger partial charge in [0.25, 0.3) is 0 Å². The third-order valence-corrected chi connectivity index (χ3v) is 3.56. The Morgan fingerprint density at radius 1 is 1.27 bits per heavy atom. The van der Waals surface area contributed by atoms with E-state index in [4.69, 9.17) is 4.74 Å². The Kier molecular flexibility index (Phi) is 5.05. The highest BCUT2D eigenvalue weighted by Crippen LogP contribution is 2.19. The number of ether oxygens (including phenoxy) is 1. The van der Waals surface area contributed by atoms with Crippen molar-refractivity contribution in [2.45, 2.75) is 32.8 Å². The van der Waals surface area contributed by atoms with Gasteiger partial charge in [0.2, 0.25) is 5.91 Å². The number of amides is 2. The van der Waals surface area contributed by atoms with Crippen LogP contribution in [-0.4, -0.2) is 47.1 Å². The van der Waals surface area contributed by atoms with Gasteiger partial charge in [-0.15, -0.1) is 0 Å². The van der Waals surface area contributed by atoms with Crippen LogP contribution in [0.5, 0.6) is 0 Å². The van der Waals surface area contributed by atoms with E-state index in [2.05, 4.69) is 20.9 Å². The van der Waals surface area contributed by atoms with E-state index in [1.807, 2.05) is 26.8 Å². The SMILES string of the molecule is CC(C)(C)OC(=O)N1CCC(=O)N(c2cccc(Br)n2)CC1. The highest BCUT2D eigenvalue weighted by Gasteiger charge is 2.28. The number of hydrogen-bond donors (Lipinski definition) is 0. The summed E-state index contributed by atoms with van der Waals surface area (Å²) < 4.78 is 6.03. The summed E-state index contributed by atoms with van der Waals surface area (Å²) in [5.41, 5.74) is -0.543. The van der Waals surface area contributed by atoms with Gasteiger partial charge in [-0.2, -0.15) is 0 Å². The molecule has 0 bridgehead atoms. The Labute approximate surface area is 138 Å². The molecule has 2 rings (SSSR count). The molecule has 1 aromatic heterocycles. The summed E-state index contributed by atoms with van der Waals surface area (Å²) in [7, 11) is 0. The zero-order valence-corrected chi connectivity index (χ0v) is 14.6. The van der Waals surface area contributed by atoms with Crippen LogP contribution in [0, 0.1) is 0 Å². The van der Waals surface area contributed by atoms with E-state index >= 15 is 0 Å². The topological polar surface area (TPSA) is 62.7 Å². The van der Waals surface area contributed by atoms with Crippen molar-refractivity contribution in [3.8, 4) is 0 Å². The molecule has 1 saturated heterocycles. The first-order valence-electron chi connectivity index (χ1n) is 7.17. The van der Waals surface area contributed by atoms with Gasteiger partial charge >= 0.3 is 6.09 Å². The monoisotopic (exact) mass is 369 g/mol. The van der Waals surface area contributed by atoms with Crippen molar-refractivity contribution in [2.24, 2.45) is 0 Å². The van der Waals surface area contributed by atoms with Crippen LogP contribution in [0.15, 0.2) is 22.8 Å². The molecule has 6 nitrogen and oxygen atoms in total. The lowest BCUT2D eigenvalue weighted by Gasteiger charge is -2.26. The fourth-order valence-electron chi connectivity index (χ4n) is 2.12. The minimum atomic E-state index is -0.543. The van der Waals surface area contributed by atoms with E-state index in [0.29, 0.717) is 30.1 Å². The average Bonchev–Trinajstić information content (AvgIpc) is 2.59. The maximum absolute atomic E-state index is 12.3. The first-order valence-corrected chi connectivity index (χ1v) is 7.96. The molecule has 0 spiro atoms. The third kappa shape index (κ3) is 4.43. The number of carbonyl (C=O) groups is 2. The van der Waals surface area contributed by atoms with Crippen molar-refractivity contribution in [2.75, 3.05) is 24.5 Å². The molecule has 1 aliphatic heterocycles. The average molecular weight is 370 g/mol.